The highest BCUT2D eigenvalue weighted by atomic mass is 16.5. The summed E-state index contributed by atoms with van der Waals surface area (Å²) in [5, 5.41) is 3.98. The fourth-order valence-corrected chi connectivity index (χ4v) is 5.97. The summed E-state index contributed by atoms with van der Waals surface area (Å²) >= 11 is 0. The molecule has 3 aliphatic rings. The molecule has 0 radical (unpaired) electrons. The van der Waals surface area contributed by atoms with Crippen LogP contribution in [-0.2, 0) is 11.3 Å². The van der Waals surface area contributed by atoms with Crippen LogP contribution in [0.15, 0.2) is 48.5 Å². The first-order valence-corrected chi connectivity index (χ1v) is 13.1. The monoisotopic (exact) mass is 448 g/mol. The van der Waals surface area contributed by atoms with Gasteiger partial charge in [0.25, 0.3) is 0 Å². The van der Waals surface area contributed by atoms with Crippen LogP contribution >= 0.6 is 0 Å². The highest BCUT2D eigenvalue weighted by molar-refractivity contribution is 5.58. The molecule has 0 spiro atoms. The van der Waals surface area contributed by atoms with Crippen LogP contribution in [0, 0.1) is 17.8 Å². The second-order valence-corrected chi connectivity index (χ2v) is 10.6. The van der Waals surface area contributed by atoms with Gasteiger partial charge in [-0.3, -0.25) is 4.90 Å². The Morgan fingerprint density at radius 3 is 2.67 bits per heavy atom. The number of anilines is 1. The van der Waals surface area contributed by atoms with Crippen LogP contribution in [0.5, 0.6) is 5.75 Å². The van der Waals surface area contributed by atoms with E-state index in [1.54, 1.807) is 0 Å². The number of rotatable bonds is 7. The lowest BCUT2D eigenvalue weighted by Crippen LogP contribution is -2.48. The van der Waals surface area contributed by atoms with Gasteiger partial charge in [-0.15, -0.1) is 0 Å². The molecule has 3 atom stereocenters. The number of piperidine rings is 1. The van der Waals surface area contributed by atoms with E-state index in [9.17, 15) is 0 Å². The van der Waals surface area contributed by atoms with Gasteiger partial charge in [0, 0.05) is 36.4 Å². The van der Waals surface area contributed by atoms with Crippen molar-refractivity contribution in [1.29, 1.82) is 0 Å². The zero-order chi connectivity index (χ0) is 22.6. The summed E-state index contributed by atoms with van der Waals surface area (Å²) in [7, 11) is 0. The van der Waals surface area contributed by atoms with Gasteiger partial charge in [-0.25, -0.2) is 0 Å². The topological polar surface area (TPSA) is 33.7 Å². The molecule has 0 unspecified atom stereocenters. The number of ether oxygens (including phenoxy) is 2. The molecule has 4 nitrogen and oxygen atoms in total. The molecule has 0 amide bonds. The Kier molecular flexibility index (Phi) is 7.22. The van der Waals surface area contributed by atoms with Gasteiger partial charge >= 0.3 is 0 Å². The van der Waals surface area contributed by atoms with Crippen molar-refractivity contribution in [2.45, 2.75) is 64.6 Å². The number of nitrogens with zero attached hydrogens (tertiary/aromatic N) is 1. The Morgan fingerprint density at radius 1 is 1.06 bits per heavy atom. The lowest BCUT2D eigenvalue weighted by Gasteiger charge is -2.48. The van der Waals surface area contributed by atoms with Gasteiger partial charge in [0.1, 0.15) is 5.75 Å². The summed E-state index contributed by atoms with van der Waals surface area (Å²) < 4.78 is 12.5. The van der Waals surface area contributed by atoms with E-state index >= 15 is 0 Å². The van der Waals surface area contributed by atoms with E-state index < -0.39 is 0 Å². The molecule has 2 fully saturated rings. The fourth-order valence-electron chi connectivity index (χ4n) is 5.97. The zero-order valence-corrected chi connectivity index (χ0v) is 20.3. The average Bonchev–Trinajstić information content (AvgIpc) is 2.85. The van der Waals surface area contributed by atoms with Crippen molar-refractivity contribution in [2.75, 3.05) is 31.6 Å². The van der Waals surface area contributed by atoms with Crippen LogP contribution in [0.3, 0.4) is 0 Å². The number of likely N-dealkylation sites (tertiary alicyclic amines) is 1. The van der Waals surface area contributed by atoms with Crippen molar-refractivity contribution in [3.63, 3.8) is 0 Å². The molecular weight excluding hydrogens is 408 g/mol. The number of nitrogens with one attached hydrogen (secondary N) is 1. The predicted octanol–water partition coefficient (Wildman–Crippen LogP) is 6.29. The van der Waals surface area contributed by atoms with Crippen LogP contribution in [0.25, 0.3) is 0 Å². The normalized spacial score (nSPS) is 25.8. The van der Waals surface area contributed by atoms with Gasteiger partial charge in [0.15, 0.2) is 0 Å². The molecule has 0 saturated carbocycles. The molecular formula is C29H40N2O2. The Hall–Kier alpha value is -2.04. The van der Waals surface area contributed by atoms with Crippen LogP contribution in [-0.4, -0.2) is 37.2 Å². The molecule has 5 rings (SSSR count). The van der Waals surface area contributed by atoms with Gasteiger partial charge in [0.05, 0.1) is 12.7 Å². The number of hydrogen-bond donors (Lipinski definition) is 1. The maximum atomic E-state index is 6.42. The number of benzene rings is 2. The van der Waals surface area contributed by atoms with E-state index in [0.29, 0.717) is 23.8 Å². The number of fused-ring (bicyclic) bond motifs is 3. The molecule has 33 heavy (non-hydrogen) atoms. The third kappa shape index (κ3) is 5.38. The minimum Gasteiger partial charge on any atom is -0.494 e. The lowest BCUT2D eigenvalue weighted by atomic mass is 9.73. The zero-order valence-electron chi connectivity index (χ0n) is 20.3. The van der Waals surface area contributed by atoms with Gasteiger partial charge in [0.2, 0.25) is 0 Å². The molecule has 2 aromatic rings. The van der Waals surface area contributed by atoms with Crippen LogP contribution < -0.4 is 10.1 Å². The summed E-state index contributed by atoms with van der Waals surface area (Å²) in [6.45, 7) is 9.59. The van der Waals surface area contributed by atoms with Crippen LogP contribution in [0.1, 0.15) is 63.2 Å². The first kappa shape index (κ1) is 22.7. The molecule has 2 aromatic carbocycles. The highest BCUT2D eigenvalue weighted by Gasteiger charge is 2.43. The predicted molar refractivity (Wildman–Crippen MR) is 135 cm³/mol. The minimum atomic E-state index is 0.205. The molecule has 0 bridgehead atoms. The Labute approximate surface area is 199 Å². The van der Waals surface area contributed by atoms with Gasteiger partial charge in [-0.1, -0.05) is 44.2 Å². The van der Waals surface area contributed by atoms with E-state index in [4.69, 9.17) is 9.47 Å². The summed E-state index contributed by atoms with van der Waals surface area (Å²) in [6.07, 6.45) is 6.24. The van der Waals surface area contributed by atoms with Crippen molar-refractivity contribution in [2.24, 2.45) is 17.8 Å². The van der Waals surface area contributed by atoms with E-state index in [1.807, 2.05) is 0 Å². The highest BCUT2D eigenvalue weighted by Crippen LogP contribution is 2.47. The standard InChI is InChI=1S/C29H40N2O2/c1-21(2)14-18-32-24-10-11-27-26(19-24)29-25(9-6-17-33-29)28(30-27)23-12-15-31(16-13-23)20-22-7-4-3-5-8-22/h3-5,7-8,10-11,19,21,23,25,28-30H,6,9,12-18,20H2,1-2H3/t25-,28+,29-/m0/s1. The molecule has 2 saturated heterocycles. The Balaban J connectivity index is 1.25. The second-order valence-electron chi connectivity index (χ2n) is 10.6. The maximum absolute atomic E-state index is 6.42. The molecule has 3 heterocycles. The SMILES string of the molecule is CC(C)CCOc1ccc2c(c1)[C@H]1OCCC[C@H]1[C@@H](C1CCN(Cc3ccccc3)CC1)N2. The number of hydrogen-bond acceptors (Lipinski definition) is 4. The third-order valence-electron chi connectivity index (χ3n) is 7.83. The van der Waals surface area contributed by atoms with Crippen molar-refractivity contribution in [3.05, 3.63) is 59.7 Å². The third-order valence-corrected chi connectivity index (χ3v) is 7.83. The van der Waals surface area contributed by atoms with Crippen molar-refractivity contribution in [1.82, 2.24) is 4.90 Å². The fraction of sp³-hybridized carbons (Fsp3) is 0.586. The largest absolute Gasteiger partial charge is 0.494 e. The summed E-state index contributed by atoms with van der Waals surface area (Å²) in [5.74, 6) is 2.91. The summed E-state index contributed by atoms with van der Waals surface area (Å²) in [6, 6.07) is 18.0. The minimum absolute atomic E-state index is 0.205. The second kappa shape index (κ2) is 10.5. The molecule has 3 aliphatic heterocycles. The van der Waals surface area contributed by atoms with Crippen LogP contribution in [0.2, 0.25) is 0 Å². The Bertz CT molecular complexity index is 892. The van der Waals surface area contributed by atoms with E-state index in [-0.39, 0.29) is 6.10 Å². The van der Waals surface area contributed by atoms with E-state index in [1.165, 1.54) is 55.6 Å². The first-order chi connectivity index (χ1) is 16.2. The van der Waals surface area contributed by atoms with E-state index in [2.05, 4.69) is 72.6 Å². The molecule has 0 aliphatic carbocycles. The van der Waals surface area contributed by atoms with Crippen LogP contribution in [0.4, 0.5) is 5.69 Å². The first-order valence-electron chi connectivity index (χ1n) is 13.1. The summed E-state index contributed by atoms with van der Waals surface area (Å²) in [5.41, 5.74) is 3.98. The van der Waals surface area contributed by atoms with Gasteiger partial charge < -0.3 is 14.8 Å². The molecule has 1 N–H and O–H groups in total. The summed E-state index contributed by atoms with van der Waals surface area (Å²) in [4.78, 5) is 2.62. The van der Waals surface area contributed by atoms with Crippen molar-refractivity contribution < 1.29 is 9.47 Å². The molecule has 4 heteroatoms. The Morgan fingerprint density at radius 2 is 1.88 bits per heavy atom. The smallest absolute Gasteiger partial charge is 0.119 e. The van der Waals surface area contributed by atoms with Crippen molar-refractivity contribution in [3.8, 4) is 5.75 Å². The van der Waals surface area contributed by atoms with Gasteiger partial charge in [-0.2, -0.15) is 0 Å². The van der Waals surface area contributed by atoms with Crippen molar-refractivity contribution >= 4 is 5.69 Å². The van der Waals surface area contributed by atoms with Gasteiger partial charge in [-0.05, 0) is 80.8 Å². The van der Waals surface area contributed by atoms with E-state index in [0.717, 1.165) is 31.9 Å². The maximum Gasteiger partial charge on any atom is 0.119 e. The molecule has 178 valence electrons. The quantitative estimate of drug-likeness (QED) is 0.540. The lowest BCUT2D eigenvalue weighted by molar-refractivity contribution is -0.0474. The average molecular weight is 449 g/mol. The molecule has 0 aromatic heterocycles.